The zero-order valence-corrected chi connectivity index (χ0v) is 16.0. The lowest BCUT2D eigenvalue weighted by molar-refractivity contribution is -0.123. The monoisotopic (exact) mass is 379 g/mol. The van der Waals surface area contributed by atoms with Crippen LogP contribution in [0.1, 0.15) is 34.0 Å². The van der Waals surface area contributed by atoms with Crippen LogP contribution < -0.4 is 5.32 Å². The van der Waals surface area contributed by atoms with Crippen molar-refractivity contribution in [1.29, 1.82) is 0 Å². The van der Waals surface area contributed by atoms with E-state index in [9.17, 15) is 9.59 Å². The summed E-state index contributed by atoms with van der Waals surface area (Å²) in [4.78, 5) is 24.6. The standard InChI is InChI=1S/C19H19Cl2NO3/c1-10-8-11(2)17(12(3)9-10)22-18(23)13(4)25-19(24)16-14(20)6-5-7-15(16)21/h5-9,13H,1-4H3,(H,22,23). The third-order valence-electron chi connectivity index (χ3n) is 3.75. The Bertz CT molecular complexity index is 790. The van der Waals surface area contributed by atoms with Gasteiger partial charge < -0.3 is 10.1 Å². The van der Waals surface area contributed by atoms with Crippen molar-refractivity contribution in [3.05, 3.63) is 62.6 Å². The van der Waals surface area contributed by atoms with E-state index < -0.39 is 18.0 Å². The van der Waals surface area contributed by atoms with Crippen molar-refractivity contribution in [2.75, 3.05) is 5.32 Å². The van der Waals surface area contributed by atoms with Gasteiger partial charge in [0.25, 0.3) is 5.91 Å². The van der Waals surface area contributed by atoms with Gasteiger partial charge in [0.2, 0.25) is 0 Å². The predicted octanol–water partition coefficient (Wildman–Crippen LogP) is 5.10. The summed E-state index contributed by atoms with van der Waals surface area (Å²) in [5.74, 6) is -1.16. The first-order chi connectivity index (χ1) is 11.7. The van der Waals surface area contributed by atoms with Gasteiger partial charge in [-0.2, -0.15) is 0 Å². The molecule has 1 amide bonds. The molecule has 1 atom stereocenters. The molecule has 0 bridgehead atoms. The van der Waals surface area contributed by atoms with Crippen molar-refractivity contribution in [2.24, 2.45) is 0 Å². The van der Waals surface area contributed by atoms with Crippen molar-refractivity contribution in [3.8, 4) is 0 Å². The largest absolute Gasteiger partial charge is 0.449 e. The number of hydrogen-bond donors (Lipinski definition) is 1. The minimum Gasteiger partial charge on any atom is -0.449 e. The van der Waals surface area contributed by atoms with Crippen molar-refractivity contribution >= 4 is 40.8 Å². The molecule has 1 N–H and O–H groups in total. The van der Waals surface area contributed by atoms with Gasteiger partial charge in [0.1, 0.15) is 0 Å². The van der Waals surface area contributed by atoms with Crippen LogP contribution in [0.15, 0.2) is 30.3 Å². The second-order valence-corrected chi connectivity index (χ2v) is 6.72. The molecule has 0 saturated carbocycles. The van der Waals surface area contributed by atoms with E-state index in [-0.39, 0.29) is 15.6 Å². The van der Waals surface area contributed by atoms with Crippen LogP contribution in [0, 0.1) is 20.8 Å². The number of anilines is 1. The minimum atomic E-state index is -1.00. The first-order valence-corrected chi connectivity index (χ1v) is 8.50. The van der Waals surface area contributed by atoms with Crippen LogP contribution >= 0.6 is 23.2 Å². The maximum Gasteiger partial charge on any atom is 0.341 e. The molecule has 25 heavy (non-hydrogen) atoms. The van der Waals surface area contributed by atoms with Crippen molar-refractivity contribution < 1.29 is 14.3 Å². The average molecular weight is 380 g/mol. The molecule has 2 aromatic rings. The van der Waals surface area contributed by atoms with Gasteiger partial charge in [-0.05, 0) is 51.0 Å². The van der Waals surface area contributed by atoms with Crippen LogP contribution in [0.3, 0.4) is 0 Å². The third kappa shape index (κ3) is 4.53. The van der Waals surface area contributed by atoms with Crippen molar-refractivity contribution in [2.45, 2.75) is 33.8 Å². The Morgan fingerprint density at radius 1 is 1.04 bits per heavy atom. The quantitative estimate of drug-likeness (QED) is 0.751. The molecule has 0 aliphatic heterocycles. The first-order valence-electron chi connectivity index (χ1n) is 7.74. The van der Waals surface area contributed by atoms with E-state index in [2.05, 4.69) is 5.32 Å². The summed E-state index contributed by atoms with van der Waals surface area (Å²) < 4.78 is 5.22. The van der Waals surface area contributed by atoms with Gasteiger partial charge in [-0.3, -0.25) is 4.79 Å². The van der Waals surface area contributed by atoms with E-state index in [1.807, 2.05) is 32.9 Å². The Morgan fingerprint density at radius 3 is 2.08 bits per heavy atom. The smallest absolute Gasteiger partial charge is 0.341 e. The molecular weight excluding hydrogens is 361 g/mol. The lowest BCUT2D eigenvalue weighted by atomic mass is 10.0. The molecule has 0 aliphatic rings. The van der Waals surface area contributed by atoms with Crippen LogP contribution in [0.5, 0.6) is 0 Å². The maximum absolute atomic E-state index is 12.4. The number of amides is 1. The highest BCUT2D eigenvalue weighted by molar-refractivity contribution is 6.39. The Kier molecular flexibility index (Phi) is 6.09. The molecule has 0 spiro atoms. The van der Waals surface area contributed by atoms with Crippen LogP contribution in [0.2, 0.25) is 10.0 Å². The predicted molar refractivity (Wildman–Crippen MR) is 101 cm³/mol. The second-order valence-electron chi connectivity index (χ2n) is 5.91. The maximum atomic E-state index is 12.4. The molecule has 0 heterocycles. The minimum absolute atomic E-state index is 0.0492. The zero-order valence-electron chi connectivity index (χ0n) is 14.4. The van der Waals surface area contributed by atoms with Crippen molar-refractivity contribution in [1.82, 2.24) is 0 Å². The highest BCUT2D eigenvalue weighted by atomic mass is 35.5. The van der Waals surface area contributed by atoms with Gasteiger partial charge >= 0.3 is 5.97 Å². The molecule has 4 nitrogen and oxygen atoms in total. The van der Waals surface area contributed by atoms with Gasteiger partial charge in [0.15, 0.2) is 6.10 Å². The van der Waals surface area contributed by atoms with Crippen LogP contribution in [-0.4, -0.2) is 18.0 Å². The lowest BCUT2D eigenvalue weighted by Crippen LogP contribution is -2.30. The number of nitrogens with one attached hydrogen (secondary N) is 1. The molecule has 0 aliphatic carbocycles. The van der Waals surface area contributed by atoms with E-state index in [1.54, 1.807) is 6.07 Å². The molecule has 2 aromatic carbocycles. The fourth-order valence-electron chi connectivity index (χ4n) is 2.57. The lowest BCUT2D eigenvalue weighted by Gasteiger charge is -2.17. The molecular formula is C19H19Cl2NO3. The molecule has 1 unspecified atom stereocenters. The van der Waals surface area contributed by atoms with Crippen molar-refractivity contribution in [3.63, 3.8) is 0 Å². The van der Waals surface area contributed by atoms with E-state index in [1.165, 1.54) is 19.1 Å². The third-order valence-corrected chi connectivity index (χ3v) is 4.38. The summed E-state index contributed by atoms with van der Waals surface area (Å²) in [5, 5.41) is 3.16. The number of hydrogen-bond acceptors (Lipinski definition) is 3. The fraction of sp³-hybridized carbons (Fsp3) is 0.263. The number of benzene rings is 2. The topological polar surface area (TPSA) is 55.4 Å². The summed E-state index contributed by atoms with van der Waals surface area (Å²) in [6.45, 7) is 7.31. The number of carbonyl (C=O) groups is 2. The SMILES string of the molecule is Cc1cc(C)c(NC(=O)C(C)OC(=O)c2c(Cl)cccc2Cl)c(C)c1. The molecule has 6 heteroatoms. The number of halogens is 2. The number of aryl methyl sites for hydroxylation is 3. The molecule has 132 valence electrons. The molecule has 0 radical (unpaired) electrons. The van der Waals surface area contributed by atoms with Gasteiger partial charge in [0.05, 0.1) is 15.6 Å². The Hall–Kier alpha value is -2.04. The number of ether oxygens (including phenoxy) is 1. The summed E-state index contributed by atoms with van der Waals surface area (Å²) in [6, 6.07) is 8.65. The highest BCUT2D eigenvalue weighted by Gasteiger charge is 2.23. The summed E-state index contributed by atoms with van der Waals surface area (Å²) in [6.07, 6.45) is -1.00. The van der Waals surface area contributed by atoms with Crippen LogP contribution in [0.25, 0.3) is 0 Å². The zero-order chi connectivity index (χ0) is 18.7. The van der Waals surface area contributed by atoms with Gasteiger partial charge in [-0.15, -0.1) is 0 Å². The summed E-state index contributed by atoms with van der Waals surface area (Å²) in [5.41, 5.74) is 3.76. The van der Waals surface area contributed by atoms with Gasteiger partial charge in [0, 0.05) is 5.69 Å². The van der Waals surface area contributed by atoms with E-state index in [0.717, 1.165) is 16.7 Å². The highest BCUT2D eigenvalue weighted by Crippen LogP contribution is 2.26. The van der Waals surface area contributed by atoms with E-state index in [4.69, 9.17) is 27.9 Å². The van der Waals surface area contributed by atoms with E-state index >= 15 is 0 Å². The Morgan fingerprint density at radius 2 is 1.56 bits per heavy atom. The summed E-state index contributed by atoms with van der Waals surface area (Å²) >= 11 is 12.0. The Labute approximate surface area is 157 Å². The van der Waals surface area contributed by atoms with Crippen LogP contribution in [-0.2, 0) is 9.53 Å². The fourth-order valence-corrected chi connectivity index (χ4v) is 3.12. The summed E-state index contributed by atoms with van der Waals surface area (Å²) in [7, 11) is 0. The number of esters is 1. The van der Waals surface area contributed by atoms with Gasteiger partial charge in [-0.25, -0.2) is 4.79 Å². The molecule has 0 saturated heterocycles. The second kappa shape index (κ2) is 7.89. The number of rotatable bonds is 4. The van der Waals surface area contributed by atoms with Crippen LogP contribution in [0.4, 0.5) is 5.69 Å². The molecule has 0 aromatic heterocycles. The average Bonchev–Trinajstić information content (AvgIpc) is 2.50. The van der Waals surface area contributed by atoms with Gasteiger partial charge in [-0.1, -0.05) is 47.0 Å². The van der Waals surface area contributed by atoms with E-state index in [0.29, 0.717) is 5.69 Å². The number of carbonyl (C=O) groups excluding carboxylic acids is 2. The molecule has 0 fully saturated rings. The molecule has 2 rings (SSSR count). The normalized spacial score (nSPS) is 11.8. The Balaban J connectivity index is 2.12. The first kappa shape index (κ1) is 19.3.